The summed E-state index contributed by atoms with van der Waals surface area (Å²) in [5, 5.41) is 1.15. The number of imidazole rings is 1. The van der Waals surface area contributed by atoms with Crippen molar-refractivity contribution >= 4 is 56.8 Å². The maximum atomic E-state index is 13.4. The van der Waals surface area contributed by atoms with Gasteiger partial charge in [-0.2, -0.15) is 0 Å². The summed E-state index contributed by atoms with van der Waals surface area (Å²) in [7, 11) is 0. The number of hydrogen-bond acceptors (Lipinski definition) is 3. The first kappa shape index (κ1) is 17.0. The van der Waals surface area contributed by atoms with Crippen LogP contribution in [0.4, 0.5) is 0 Å². The molecule has 5 aromatic rings. The van der Waals surface area contributed by atoms with Crippen molar-refractivity contribution in [3.05, 3.63) is 92.7 Å². The van der Waals surface area contributed by atoms with E-state index < -0.39 is 0 Å². The highest BCUT2D eigenvalue weighted by molar-refractivity contribution is 6.37. The molecule has 3 aromatic carbocycles. The van der Waals surface area contributed by atoms with E-state index in [0.717, 1.165) is 0 Å². The zero-order chi connectivity index (χ0) is 19.4. The van der Waals surface area contributed by atoms with Crippen molar-refractivity contribution in [2.75, 3.05) is 0 Å². The van der Waals surface area contributed by atoms with Crippen LogP contribution in [0.15, 0.2) is 71.5 Å². The molecular formula is C21H11Cl2N3O2. The predicted octanol–water partition coefficient (Wildman–Crippen LogP) is 4.80. The van der Waals surface area contributed by atoms with Crippen LogP contribution in [0.25, 0.3) is 27.7 Å². The van der Waals surface area contributed by atoms with Gasteiger partial charge in [-0.05, 0) is 42.5 Å². The van der Waals surface area contributed by atoms with Crippen LogP contribution in [-0.2, 0) is 0 Å². The normalized spacial score (nSPS) is 11.5. The number of rotatable bonds is 1. The molecule has 2 aromatic heterocycles. The van der Waals surface area contributed by atoms with Gasteiger partial charge in [0.15, 0.2) is 0 Å². The number of benzene rings is 3. The van der Waals surface area contributed by atoms with Gasteiger partial charge in [0.1, 0.15) is 0 Å². The second kappa shape index (κ2) is 6.19. The lowest BCUT2D eigenvalue weighted by Gasteiger charge is -2.07. The molecule has 0 spiro atoms. The molecule has 0 aliphatic rings. The van der Waals surface area contributed by atoms with E-state index in [9.17, 15) is 9.59 Å². The Bertz CT molecular complexity index is 1480. The molecule has 0 saturated carbocycles. The molecule has 0 N–H and O–H groups in total. The highest BCUT2D eigenvalue weighted by atomic mass is 35.5. The molecule has 5 nitrogen and oxygen atoms in total. The summed E-state index contributed by atoms with van der Waals surface area (Å²) < 4.78 is 2.87. The quantitative estimate of drug-likeness (QED) is 0.401. The monoisotopic (exact) mass is 407 g/mol. The third-order valence-electron chi connectivity index (χ3n) is 4.69. The first-order valence-electron chi connectivity index (χ1n) is 8.47. The van der Waals surface area contributed by atoms with E-state index in [0.29, 0.717) is 27.0 Å². The van der Waals surface area contributed by atoms with Gasteiger partial charge >= 0.3 is 0 Å². The van der Waals surface area contributed by atoms with Gasteiger partial charge in [-0.25, -0.2) is 14.0 Å². The lowest BCUT2D eigenvalue weighted by atomic mass is 10.2. The van der Waals surface area contributed by atoms with E-state index in [-0.39, 0.29) is 27.8 Å². The first-order valence-corrected chi connectivity index (χ1v) is 9.22. The molecule has 0 radical (unpaired) electrons. The van der Waals surface area contributed by atoms with Crippen molar-refractivity contribution in [3.63, 3.8) is 0 Å². The molecule has 0 aliphatic heterocycles. The molecule has 0 bridgehead atoms. The van der Waals surface area contributed by atoms with E-state index in [1.165, 1.54) is 15.0 Å². The topological polar surface area (TPSA) is 56.4 Å². The Balaban J connectivity index is 1.95. The Hall–Kier alpha value is -3.15. The van der Waals surface area contributed by atoms with E-state index in [2.05, 4.69) is 4.98 Å². The van der Waals surface area contributed by atoms with Crippen LogP contribution < -0.4 is 5.56 Å². The summed E-state index contributed by atoms with van der Waals surface area (Å²) in [6, 6.07) is 18.9. The molecule has 0 amide bonds. The zero-order valence-corrected chi connectivity index (χ0v) is 15.8. The van der Waals surface area contributed by atoms with Gasteiger partial charge in [-0.3, -0.25) is 9.59 Å². The highest BCUT2D eigenvalue weighted by Gasteiger charge is 2.22. The Morgan fingerprint density at radius 3 is 2.39 bits per heavy atom. The van der Waals surface area contributed by atoms with Crippen LogP contribution in [0.2, 0.25) is 10.0 Å². The van der Waals surface area contributed by atoms with Crippen LogP contribution in [0.3, 0.4) is 0 Å². The highest BCUT2D eigenvalue weighted by Crippen LogP contribution is 2.26. The number of halogens is 2. The summed E-state index contributed by atoms with van der Waals surface area (Å²) >= 11 is 12.2. The van der Waals surface area contributed by atoms with Gasteiger partial charge in [-0.15, -0.1) is 0 Å². The van der Waals surface area contributed by atoms with Crippen molar-refractivity contribution in [2.24, 2.45) is 0 Å². The minimum Gasteiger partial charge on any atom is -0.268 e. The van der Waals surface area contributed by atoms with Crippen LogP contribution in [0.1, 0.15) is 10.4 Å². The first-order chi connectivity index (χ1) is 13.6. The standard InChI is InChI=1S/C21H11Cl2N3O2/c22-12-9-10-13(15(23)11-12)19(27)25-17-7-3-4-8-18(17)26-20(28)14-5-1-2-6-16(14)24-21(25)26/h1-11H. The smallest absolute Gasteiger partial charge is 0.267 e. The number of carbonyl (C=O) groups is 1. The van der Waals surface area contributed by atoms with Gasteiger partial charge < -0.3 is 0 Å². The fourth-order valence-corrected chi connectivity index (χ4v) is 3.91. The molecule has 7 heteroatoms. The lowest BCUT2D eigenvalue weighted by Crippen LogP contribution is -2.18. The molecular weight excluding hydrogens is 397 g/mol. The lowest BCUT2D eigenvalue weighted by molar-refractivity contribution is 0.0968. The SMILES string of the molecule is O=C(c1ccc(Cl)cc1Cl)n1c2ccccc2n2c(=O)c3ccccc3nc12. The molecule has 5 rings (SSSR count). The third-order valence-corrected chi connectivity index (χ3v) is 5.23. The zero-order valence-electron chi connectivity index (χ0n) is 14.3. The van der Waals surface area contributed by atoms with E-state index in [4.69, 9.17) is 23.2 Å². The summed E-state index contributed by atoms with van der Waals surface area (Å²) in [5.41, 5.74) is 1.73. The summed E-state index contributed by atoms with van der Waals surface area (Å²) in [6.07, 6.45) is 0. The number of fused-ring (bicyclic) bond motifs is 4. The average molecular weight is 408 g/mol. The molecule has 0 aliphatic carbocycles. The molecule has 2 heterocycles. The fraction of sp³-hybridized carbons (Fsp3) is 0. The van der Waals surface area contributed by atoms with E-state index in [1.807, 2.05) is 6.07 Å². The van der Waals surface area contributed by atoms with Gasteiger partial charge in [-0.1, -0.05) is 47.5 Å². The largest absolute Gasteiger partial charge is 0.268 e. The minimum absolute atomic E-state index is 0.231. The Kier molecular flexibility index (Phi) is 3.75. The van der Waals surface area contributed by atoms with Crippen molar-refractivity contribution in [3.8, 4) is 0 Å². The number of para-hydroxylation sites is 3. The number of carbonyl (C=O) groups excluding carboxylic acids is 1. The van der Waals surface area contributed by atoms with Gasteiger partial charge in [0.2, 0.25) is 5.78 Å². The van der Waals surface area contributed by atoms with Crippen LogP contribution in [0.5, 0.6) is 0 Å². The maximum Gasteiger partial charge on any atom is 0.267 e. The van der Waals surface area contributed by atoms with Crippen molar-refractivity contribution in [1.82, 2.24) is 14.0 Å². The number of nitrogens with zero attached hydrogens (tertiary/aromatic N) is 3. The summed E-state index contributed by atoms with van der Waals surface area (Å²) in [4.78, 5) is 31.1. The number of aromatic nitrogens is 3. The molecule has 0 fully saturated rings. The van der Waals surface area contributed by atoms with Gasteiger partial charge in [0.25, 0.3) is 11.5 Å². The Morgan fingerprint density at radius 1 is 0.893 bits per heavy atom. The number of hydrogen-bond donors (Lipinski definition) is 0. The third kappa shape index (κ3) is 2.37. The second-order valence-electron chi connectivity index (χ2n) is 6.32. The van der Waals surface area contributed by atoms with Crippen molar-refractivity contribution in [2.45, 2.75) is 0 Å². The minimum atomic E-state index is -0.387. The van der Waals surface area contributed by atoms with E-state index >= 15 is 0 Å². The van der Waals surface area contributed by atoms with Crippen LogP contribution in [-0.4, -0.2) is 19.9 Å². The van der Waals surface area contributed by atoms with Gasteiger partial charge in [0.05, 0.1) is 32.5 Å². The molecule has 136 valence electrons. The van der Waals surface area contributed by atoms with Crippen molar-refractivity contribution < 1.29 is 4.79 Å². The van der Waals surface area contributed by atoms with Crippen LogP contribution in [0, 0.1) is 0 Å². The second-order valence-corrected chi connectivity index (χ2v) is 7.17. The fourth-order valence-electron chi connectivity index (χ4n) is 3.42. The predicted molar refractivity (Wildman–Crippen MR) is 111 cm³/mol. The Morgan fingerprint density at radius 2 is 1.61 bits per heavy atom. The molecule has 0 saturated heterocycles. The van der Waals surface area contributed by atoms with Gasteiger partial charge in [0, 0.05) is 5.02 Å². The van der Waals surface area contributed by atoms with E-state index in [1.54, 1.807) is 54.6 Å². The summed E-state index contributed by atoms with van der Waals surface area (Å²) in [6.45, 7) is 0. The van der Waals surface area contributed by atoms with Crippen LogP contribution >= 0.6 is 23.2 Å². The maximum absolute atomic E-state index is 13.4. The molecule has 0 atom stereocenters. The molecule has 28 heavy (non-hydrogen) atoms. The summed E-state index contributed by atoms with van der Waals surface area (Å²) in [5.74, 6) is -0.150. The average Bonchev–Trinajstić information content (AvgIpc) is 3.02. The van der Waals surface area contributed by atoms with Crippen molar-refractivity contribution in [1.29, 1.82) is 0 Å². The Labute approximate surface area is 168 Å². The molecule has 0 unspecified atom stereocenters.